The smallest absolute Gasteiger partial charge is 0.405 e. The molecule has 178 valence electrons. The van der Waals surface area contributed by atoms with E-state index >= 15 is 0 Å². The molecule has 0 aliphatic carbocycles. The lowest BCUT2D eigenvalue weighted by Gasteiger charge is -2.12. The van der Waals surface area contributed by atoms with Crippen molar-refractivity contribution in [2.45, 2.75) is 6.18 Å². The van der Waals surface area contributed by atoms with Gasteiger partial charge in [0.25, 0.3) is 5.91 Å². The summed E-state index contributed by atoms with van der Waals surface area (Å²) in [6.45, 7) is -1.97. The summed E-state index contributed by atoms with van der Waals surface area (Å²) in [6, 6.07) is 16.1. The van der Waals surface area contributed by atoms with Crippen molar-refractivity contribution in [1.29, 1.82) is 0 Å². The molecule has 0 aliphatic rings. The van der Waals surface area contributed by atoms with E-state index in [1.165, 1.54) is 0 Å². The maximum Gasteiger partial charge on any atom is 0.405 e. The molecular formula is C23H18F3N7O2. The van der Waals surface area contributed by atoms with Gasteiger partial charge >= 0.3 is 6.18 Å². The summed E-state index contributed by atoms with van der Waals surface area (Å²) < 4.78 is 43.8. The number of aromatic nitrogens is 5. The average molecular weight is 481 g/mol. The minimum absolute atomic E-state index is 0.292. The molecule has 0 unspecified atom stereocenters. The van der Waals surface area contributed by atoms with Crippen LogP contribution < -0.4 is 15.4 Å². The van der Waals surface area contributed by atoms with Crippen LogP contribution in [-0.4, -0.2) is 50.0 Å². The van der Waals surface area contributed by atoms with E-state index in [2.05, 4.69) is 25.6 Å². The van der Waals surface area contributed by atoms with Crippen molar-refractivity contribution in [3.63, 3.8) is 0 Å². The highest BCUT2D eigenvalue weighted by atomic mass is 19.4. The van der Waals surface area contributed by atoms with Gasteiger partial charge in [-0.1, -0.05) is 12.1 Å². The Hall–Kier alpha value is -4.61. The first kappa shape index (κ1) is 22.2. The summed E-state index contributed by atoms with van der Waals surface area (Å²) in [6.07, 6.45) is -0.968. The number of nitrogens with zero attached hydrogens (tertiary/aromatic N) is 4. The molecule has 12 heteroatoms. The van der Waals surface area contributed by atoms with Gasteiger partial charge < -0.3 is 15.4 Å². The van der Waals surface area contributed by atoms with Gasteiger partial charge in [-0.05, 0) is 42.5 Å². The highest BCUT2D eigenvalue weighted by Crippen LogP contribution is 2.27. The molecule has 1 amide bonds. The van der Waals surface area contributed by atoms with Gasteiger partial charge in [-0.3, -0.25) is 9.89 Å². The largest absolute Gasteiger partial charge is 0.484 e. The van der Waals surface area contributed by atoms with Gasteiger partial charge in [0, 0.05) is 22.8 Å². The van der Waals surface area contributed by atoms with Crippen molar-refractivity contribution in [2.75, 3.05) is 18.5 Å². The number of rotatable bonds is 7. The number of fused-ring (bicyclic) bond motifs is 2. The van der Waals surface area contributed by atoms with Gasteiger partial charge in [0.2, 0.25) is 0 Å². The van der Waals surface area contributed by atoms with Crippen molar-refractivity contribution >= 4 is 33.8 Å². The Kier molecular flexibility index (Phi) is 5.69. The Labute approximate surface area is 195 Å². The first-order valence-electron chi connectivity index (χ1n) is 10.5. The van der Waals surface area contributed by atoms with Crippen LogP contribution in [0.3, 0.4) is 0 Å². The molecule has 9 nitrogen and oxygen atoms in total. The third kappa shape index (κ3) is 5.16. The minimum atomic E-state index is -4.49. The number of carbonyl (C=O) groups excluding carboxylic acids is 1. The highest BCUT2D eigenvalue weighted by Gasteiger charge is 2.27. The van der Waals surface area contributed by atoms with Crippen LogP contribution in [0.4, 0.5) is 24.7 Å². The summed E-state index contributed by atoms with van der Waals surface area (Å²) in [4.78, 5) is 16.3. The zero-order chi connectivity index (χ0) is 24.4. The number of alkyl halides is 3. The molecule has 0 radical (unpaired) electrons. The Bertz CT molecular complexity index is 1510. The molecule has 2 aromatic carbocycles. The van der Waals surface area contributed by atoms with E-state index in [-0.39, 0.29) is 0 Å². The van der Waals surface area contributed by atoms with Crippen molar-refractivity contribution in [1.82, 2.24) is 30.1 Å². The number of halogens is 3. The zero-order valence-electron chi connectivity index (χ0n) is 18.0. The van der Waals surface area contributed by atoms with Gasteiger partial charge in [-0.15, -0.1) is 5.10 Å². The van der Waals surface area contributed by atoms with Crippen LogP contribution >= 0.6 is 0 Å². The lowest BCUT2D eigenvalue weighted by molar-refractivity contribution is -0.139. The van der Waals surface area contributed by atoms with E-state index in [0.29, 0.717) is 23.0 Å². The molecule has 3 heterocycles. The molecule has 5 rings (SSSR count). The maximum atomic E-state index is 12.3. The topological polar surface area (TPSA) is 109 Å². The second kappa shape index (κ2) is 8.97. The molecule has 3 aromatic heterocycles. The second-order valence-electron chi connectivity index (χ2n) is 7.63. The van der Waals surface area contributed by atoms with E-state index in [1.54, 1.807) is 46.5 Å². The number of nitrogens with one attached hydrogen (secondary N) is 3. The summed E-state index contributed by atoms with van der Waals surface area (Å²) >= 11 is 0. The standard InChI is InChI=1S/C23H18F3N7O2/c24-23(25,26)13-27-20(34)12-35-17-4-1-3-14(10-17)21-30-22(19-5-2-8-33(19)32-21)29-16-6-7-18-15(9-16)11-28-31-18/h1-11H,12-13H2,(H,27,34)(H,28,31)(H,29,30,32). The zero-order valence-corrected chi connectivity index (χ0v) is 18.0. The monoisotopic (exact) mass is 481 g/mol. The molecule has 35 heavy (non-hydrogen) atoms. The fourth-order valence-electron chi connectivity index (χ4n) is 3.43. The van der Waals surface area contributed by atoms with E-state index < -0.39 is 25.2 Å². The first-order valence-corrected chi connectivity index (χ1v) is 10.5. The number of hydrogen-bond donors (Lipinski definition) is 3. The third-order valence-corrected chi connectivity index (χ3v) is 5.04. The van der Waals surface area contributed by atoms with E-state index in [4.69, 9.17) is 4.74 Å². The number of ether oxygens (including phenoxy) is 1. The summed E-state index contributed by atoms with van der Waals surface area (Å²) in [7, 11) is 0. The number of anilines is 2. The Morgan fingerprint density at radius 3 is 2.86 bits per heavy atom. The molecule has 0 saturated heterocycles. The van der Waals surface area contributed by atoms with Gasteiger partial charge in [-0.25, -0.2) is 9.50 Å². The van der Waals surface area contributed by atoms with Crippen molar-refractivity contribution in [3.05, 3.63) is 67.0 Å². The lowest BCUT2D eigenvalue weighted by Crippen LogP contribution is -2.36. The van der Waals surface area contributed by atoms with Crippen LogP contribution in [0, 0.1) is 0 Å². The van der Waals surface area contributed by atoms with E-state index in [0.717, 1.165) is 22.1 Å². The number of carbonyl (C=O) groups is 1. The van der Waals surface area contributed by atoms with E-state index in [9.17, 15) is 18.0 Å². The van der Waals surface area contributed by atoms with Crippen LogP contribution in [-0.2, 0) is 4.79 Å². The molecule has 3 N–H and O–H groups in total. The maximum absolute atomic E-state index is 12.3. The molecule has 0 atom stereocenters. The Morgan fingerprint density at radius 2 is 2.00 bits per heavy atom. The third-order valence-electron chi connectivity index (χ3n) is 5.04. The quantitative estimate of drug-likeness (QED) is 0.323. The number of aromatic amines is 1. The van der Waals surface area contributed by atoms with Crippen LogP contribution in [0.1, 0.15) is 0 Å². The predicted octanol–water partition coefficient (Wildman–Crippen LogP) is 4.07. The normalized spacial score (nSPS) is 11.6. The average Bonchev–Trinajstić information content (AvgIpc) is 3.50. The van der Waals surface area contributed by atoms with Gasteiger partial charge in [-0.2, -0.15) is 18.3 Å². The van der Waals surface area contributed by atoms with Crippen LogP contribution in [0.25, 0.3) is 27.8 Å². The molecule has 0 bridgehead atoms. The molecule has 0 spiro atoms. The first-order chi connectivity index (χ1) is 16.8. The van der Waals surface area contributed by atoms with Crippen molar-refractivity contribution in [3.8, 4) is 17.1 Å². The number of benzene rings is 2. The lowest BCUT2D eigenvalue weighted by atomic mass is 10.2. The SMILES string of the molecule is O=C(COc1cccc(-c2nc(Nc3ccc4[nH]ncc4c3)c3cccn3n2)c1)NCC(F)(F)F. The van der Waals surface area contributed by atoms with Gasteiger partial charge in [0.15, 0.2) is 18.2 Å². The number of H-pyrrole nitrogens is 1. The molecule has 5 aromatic rings. The number of amides is 1. The van der Waals surface area contributed by atoms with Crippen LogP contribution in [0.5, 0.6) is 5.75 Å². The summed E-state index contributed by atoms with van der Waals surface area (Å²) in [5.41, 5.74) is 3.08. The summed E-state index contributed by atoms with van der Waals surface area (Å²) in [5, 5.41) is 17.5. The predicted molar refractivity (Wildman–Crippen MR) is 122 cm³/mol. The molecule has 0 saturated carbocycles. The van der Waals surface area contributed by atoms with Crippen LogP contribution in [0.15, 0.2) is 67.0 Å². The van der Waals surface area contributed by atoms with Gasteiger partial charge in [0.1, 0.15) is 17.8 Å². The fourth-order valence-corrected chi connectivity index (χ4v) is 3.43. The summed E-state index contributed by atoms with van der Waals surface area (Å²) in [5.74, 6) is 0.368. The van der Waals surface area contributed by atoms with Gasteiger partial charge in [0.05, 0.1) is 11.7 Å². The fraction of sp³-hybridized carbons (Fsp3) is 0.130. The second-order valence-corrected chi connectivity index (χ2v) is 7.63. The Morgan fingerprint density at radius 1 is 1.11 bits per heavy atom. The van der Waals surface area contributed by atoms with Crippen LogP contribution in [0.2, 0.25) is 0 Å². The highest BCUT2D eigenvalue weighted by molar-refractivity contribution is 5.84. The van der Waals surface area contributed by atoms with Crippen molar-refractivity contribution < 1.29 is 22.7 Å². The van der Waals surface area contributed by atoms with Crippen molar-refractivity contribution in [2.24, 2.45) is 0 Å². The number of hydrogen-bond acceptors (Lipinski definition) is 6. The molecular weight excluding hydrogens is 463 g/mol. The molecule has 0 aliphatic heterocycles. The minimum Gasteiger partial charge on any atom is -0.484 e. The Balaban J connectivity index is 1.37. The molecule has 0 fully saturated rings. The van der Waals surface area contributed by atoms with E-state index in [1.807, 2.05) is 30.3 Å².